The molecule has 0 bridgehead atoms. The largest absolute Gasteiger partial charge is 0.487 e. The van der Waals surface area contributed by atoms with Crippen LogP contribution >= 0.6 is 11.3 Å². The Balaban J connectivity index is 1.83. The number of fused-ring (bicyclic) bond motifs is 1. The maximum Gasteiger partial charge on any atom is 0.258 e. The molecule has 0 aliphatic heterocycles. The number of nitrogens with zero attached hydrogens (tertiary/aromatic N) is 3. The Morgan fingerprint density at radius 3 is 3.15 bits per heavy atom. The minimum Gasteiger partial charge on any atom is -0.487 e. The van der Waals surface area contributed by atoms with Gasteiger partial charge in [0.2, 0.25) is 0 Å². The van der Waals surface area contributed by atoms with E-state index in [1.807, 2.05) is 11.4 Å². The molecule has 3 aromatic rings. The number of thiazole rings is 1. The first-order valence-electron chi connectivity index (χ1n) is 5.85. The van der Waals surface area contributed by atoms with Crippen molar-refractivity contribution in [2.45, 2.75) is 6.61 Å². The van der Waals surface area contributed by atoms with E-state index in [0.29, 0.717) is 22.0 Å². The lowest BCUT2D eigenvalue weighted by atomic mass is 10.2. The summed E-state index contributed by atoms with van der Waals surface area (Å²) in [5, 5.41) is 10.6. The lowest BCUT2D eigenvalue weighted by Crippen LogP contribution is -2.14. The van der Waals surface area contributed by atoms with Crippen molar-refractivity contribution in [2.24, 2.45) is 0 Å². The Morgan fingerprint density at radius 1 is 1.40 bits per heavy atom. The van der Waals surface area contributed by atoms with Crippen molar-refractivity contribution >= 4 is 16.3 Å². The van der Waals surface area contributed by atoms with E-state index >= 15 is 0 Å². The van der Waals surface area contributed by atoms with Gasteiger partial charge in [-0.15, -0.1) is 11.3 Å². The Hall–Kier alpha value is -2.65. The van der Waals surface area contributed by atoms with E-state index in [9.17, 15) is 4.79 Å². The van der Waals surface area contributed by atoms with Gasteiger partial charge in [0.15, 0.2) is 4.96 Å². The molecule has 3 rings (SSSR count). The van der Waals surface area contributed by atoms with Crippen LogP contribution in [0.3, 0.4) is 0 Å². The number of hydrogen-bond acceptors (Lipinski definition) is 5. The molecule has 6 heteroatoms. The van der Waals surface area contributed by atoms with Crippen LogP contribution in [-0.2, 0) is 6.61 Å². The fourth-order valence-corrected chi connectivity index (χ4v) is 2.51. The average Bonchev–Trinajstić information content (AvgIpc) is 2.94. The summed E-state index contributed by atoms with van der Waals surface area (Å²) in [5.74, 6) is 0.581. The fraction of sp³-hybridized carbons (Fsp3) is 0.0714. The van der Waals surface area contributed by atoms with Crippen molar-refractivity contribution in [3.05, 3.63) is 63.5 Å². The number of rotatable bonds is 3. The van der Waals surface area contributed by atoms with Crippen molar-refractivity contribution in [3.63, 3.8) is 0 Å². The zero-order chi connectivity index (χ0) is 13.9. The standard InChI is InChI=1S/C14H9N3O2S/c15-8-10-2-1-3-12(6-10)19-9-11-7-13(18)17-4-5-20-14(17)16-11/h1-7H,9H2. The Kier molecular flexibility index (Phi) is 3.19. The highest BCUT2D eigenvalue weighted by Crippen LogP contribution is 2.14. The molecule has 0 saturated carbocycles. The molecule has 0 radical (unpaired) electrons. The van der Waals surface area contributed by atoms with Crippen LogP contribution in [0.4, 0.5) is 0 Å². The third-order valence-corrected chi connectivity index (χ3v) is 3.46. The van der Waals surface area contributed by atoms with Gasteiger partial charge in [0.05, 0.1) is 17.3 Å². The van der Waals surface area contributed by atoms with Crippen LogP contribution in [0.15, 0.2) is 46.7 Å². The van der Waals surface area contributed by atoms with Gasteiger partial charge in [0, 0.05) is 17.6 Å². The molecular formula is C14H9N3O2S. The minimum absolute atomic E-state index is 0.124. The van der Waals surface area contributed by atoms with Crippen molar-refractivity contribution < 1.29 is 4.74 Å². The zero-order valence-corrected chi connectivity index (χ0v) is 11.1. The molecule has 0 fully saturated rings. The molecule has 2 heterocycles. The molecule has 5 nitrogen and oxygen atoms in total. The summed E-state index contributed by atoms with van der Waals surface area (Å²) in [5.41, 5.74) is 0.977. The van der Waals surface area contributed by atoms with E-state index in [-0.39, 0.29) is 12.2 Å². The molecular weight excluding hydrogens is 274 g/mol. The normalized spacial score (nSPS) is 10.3. The van der Waals surface area contributed by atoms with E-state index in [4.69, 9.17) is 10.00 Å². The van der Waals surface area contributed by atoms with Crippen molar-refractivity contribution in [1.29, 1.82) is 5.26 Å². The van der Waals surface area contributed by atoms with Gasteiger partial charge < -0.3 is 4.74 Å². The summed E-state index contributed by atoms with van der Waals surface area (Å²) in [6.45, 7) is 0.193. The molecule has 0 atom stereocenters. The maximum atomic E-state index is 11.8. The van der Waals surface area contributed by atoms with Crippen molar-refractivity contribution in [3.8, 4) is 11.8 Å². The fourth-order valence-electron chi connectivity index (χ4n) is 1.77. The van der Waals surface area contributed by atoms with Gasteiger partial charge >= 0.3 is 0 Å². The molecule has 0 unspecified atom stereocenters. The van der Waals surface area contributed by atoms with E-state index < -0.39 is 0 Å². The van der Waals surface area contributed by atoms with Crippen LogP contribution in [0.1, 0.15) is 11.3 Å². The number of benzene rings is 1. The van der Waals surface area contributed by atoms with Gasteiger partial charge in [-0.25, -0.2) is 4.98 Å². The first kappa shape index (κ1) is 12.4. The third-order valence-electron chi connectivity index (χ3n) is 2.71. The third kappa shape index (κ3) is 2.39. The van der Waals surface area contributed by atoms with Gasteiger partial charge in [-0.1, -0.05) is 6.07 Å². The van der Waals surface area contributed by atoms with Gasteiger partial charge in [-0.3, -0.25) is 9.20 Å². The molecule has 0 amide bonds. The molecule has 1 aromatic carbocycles. The first-order valence-corrected chi connectivity index (χ1v) is 6.73. The highest BCUT2D eigenvalue weighted by Gasteiger charge is 2.04. The predicted molar refractivity (Wildman–Crippen MR) is 74.8 cm³/mol. The maximum absolute atomic E-state index is 11.8. The Labute approximate surface area is 118 Å². The van der Waals surface area contributed by atoms with E-state index in [0.717, 1.165) is 0 Å². The molecule has 0 saturated heterocycles. The molecule has 98 valence electrons. The van der Waals surface area contributed by atoms with Crippen LogP contribution in [0.25, 0.3) is 4.96 Å². The number of aromatic nitrogens is 2. The topological polar surface area (TPSA) is 67.4 Å². The second-order valence-electron chi connectivity index (χ2n) is 4.07. The number of ether oxygens (including phenoxy) is 1. The highest BCUT2D eigenvalue weighted by molar-refractivity contribution is 7.15. The summed E-state index contributed by atoms with van der Waals surface area (Å²) < 4.78 is 7.05. The lowest BCUT2D eigenvalue weighted by Gasteiger charge is -2.05. The lowest BCUT2D eigenvalue weighted by molar-refractivity contribution is 0.301. The van der Waals surface area contributed by atoms with Crippen LogP contribution in [0.5, 0.6) is 5.75 Å². The van der Waals surface area contributed by atoms with Gasteiger partial charge in [0.25, 0.3) is 5.56 Å². The second kappa shape index (κ2) is 5.15. The van der Waals surface area contributed by atoms with Gasteiger partial charge in [-0.05, 0) is 18.2 Å². The summed E-state index contributed by atoms with van der Waals surface area (Å²) in [4.78, 5) is 16.8. The average molecular weight is 283 g/mol. The molecule has 0 spiro atoms. The van der Waals surface area contributed by atoms with Gasteiger partial charge in [-0.2, -0.15) is 5.26 Å². The van der Waals surface area contributed by atoms with Gasteiger partial charge in [0.1, 0.15) is 12.4 Å². The monoisotopic (exact) mass is 283 g/mol. The van der Waals surface area contributed by atoms with Crippen molar-refractivity contribution in [1.82, 2.24) is 9.38 Å². The summed E-state index contributed by atoms with van der Waals surface area (Å²) in [7, 11) is 0. The predicted octanol–water partition coefficient (Wildman–Crippen LogP) is 2.21. The molecule has 0 N–H and O–H groups in total. The Bertz CT molecular complexity index is 860. The zero-order valence-electron chi connectivity index (χ0n) is 10.3. The molecule has 0 aliphatic carbocycles. The molecule has 0 aliphatic rings. The first-order chi connectivity index (χ1) is 9.76. The SMILES string of the molecule is N#Cc1cccc(OCc2cc(=O)n3ccsc3n2)c1. The van der Waals surface area contributed by atoms with E-state index in [1.165, 1.54) is 21.8 Å². The second-order valence-corrected chi connectivity index (χ2v) is 4.94. The number of nitriles is 1. The summed E-state index contributed by atoms with van der Waals surface area (Å²) >= 11 is 1.40. The molecule has 20 heavy (non-hydrogen) atoms. The quantitative estimate of drug-likeness (QED) is 0.739. The van der Waals surface area contributed by atoms with E-state index in [1.54, 1.807) is 30.5 Å². The van der Waals surface area contributed by atoms with Crippen LogP contribution < -0.4 is 10.3 Å². The summed E-state index contributed by atoms with van der Waals surface area (Å²) in [6, 6.07) is 10.4. The van der Waals surface area contributed by atoms with Crippen molar-refractivity contribution in [2.75, 3.05) is 0 Å². The smallest absolute Gasteiger partial charge is 0.258 e. The number of hydrogen-bond donors (Lipinski definition) is 0. The van der Waals surface area contributed by atoms with Crippen LogP contribution in [-0.4, -0.2) is 9.38 Å². The van der Waals surface area contributed by atoms with E-state index in [2.05, 4.69) is 4.98 Å². The van der Waals surface area contributed by atoms with Crippen LogP contribution in [0.2, 0.25) is 0 Å². The Morgan fingerprint density at radius 2 is 2.30 bits per heavy atom. The highest BCUT2D eigenvalue weighted by atomic mass is 32.1. The molecule has 2 aromatic heterocycles. The van der Waals surface area contributed by atoms with Crippen LogP contribution in [0, 0.1) is 11.3 Å². The minimum atomic E-state index is -0.124. The summed E-state index contributed by atoms with van der Waals surface area (Å²) in [6.07, 6.45) is 1.69.